The summed E-state index contributed by atoms with van der Waals surface area (Å²) in [5.41, 5.74) is -0.483. The van der Waals surface area contributed by atoms with Crippen molar-refractivity contribution in [2.75, 3.05) is 39.3 Å². The summed E-state index contributed by atoms with van der Waals surface area (Å²) in [4.78, 5) is 7.74. The summed E-state index contributed by atoms with van der Waals surface area (Å²) in [6.45, 7) is 24.4. The zero-order valence-electron chi connectivity index (χ0n) is 19.7. The van der Waals surface area contributed by atoms with E-state index in [1.54, 1.807) is 0 Å². The van der Waals surface area contributed by atoms with Crippen LogP contribution in [0, 0.1) is 5.92 Å². The van der Waals surface area contributed by atoms with E-state index < -0.39 is 5.60 Å². The van der Waals surface area contributed by atoms with Crippen LogP contribution in [0.3, 0.4) is 0 Å². The molecule has 0 spiro atoms. The highest BCUT2D eigenvalue weighted by Gasteiger charge is 2.32. The van der Waals surface area contributed by atoms with E-state index in [1.807, 2.05) is 27.7 Å². The van der Waals surface area contributed by atoms with Crippen molar-refractivity contribution >= 4 is 0 Å². The van der Waals surface area contributed by atoms with Crippen LogP contribution in [0.2, 0.25) is 0 Å². The topological polar surface area (TPSA) is 30.0 Å². The van der Waals surface area contributed by atoms with Gasteiger partial charge in [0, 0.05) is 44.3 Å². The van der Waals surface area contributed by atoms with Gasteiger partial charge in [0.25, 0.3) is 0 Å². The molecule has 0 bridgehead atoms. The molecule has 0 aromatic heterocycles. The molecule has 4 heteroatoms. The van der Waals surface area contributed by atoms with Gasteiger partial charge in [0.1, 0.15) is 0 Å². The Bertz CT molecular complexity index is 362. The fourth-order valence-corrected chi connectivity index (χ4v) is 4.18. The van der Waals surface area contributed by atoms with Crippen molar-refractivity contribution in [1.29, 1.82) is 0 Å². The lowest BCUT2D eigenvalue weighted by molar-refractivity contribution is -0.0166. The van der Waals surface area contributed by atoms with Crippen molar-refractivity contribution in [3.63, 3.8) is 0 Å². The molecule has 1 aliphatic carbocycles. The number of rotatable bonds is 4. The maximum absolute atomic E-state index is 9.85. The Balaban J connectivity index is 0.000000248. The van der Waals surface area contributed by atoms with E-state index in [4.69, 9.17) is 0 Å². The Hall–Kier alpha value is -0.160. The fourth-order valence-electron chi connectivity index (χ4n) is 4.18. The molecule has 1 N–H and O–H groups in total. The standard InChI is InChI=1S/C11H23NO.C10H20N2.C2H6/c1-9(2)12-7-5-10(6-8-12)11(3,4)13;1-9(2)11-5-7-12(8-6-11)10-3-4-10;1-2/h9-10,13H,5-8H2,1-4H3;9-10H,3-8H2,1-2H3;1-2H3. The third kappa shape index (κ3) is 8.81. The fraction of sp³-hybridized carbons (Fsp3) is 1.00. The van der Waals surface area contributed by atoms with Crippen molar-refractivity contribution < 1.29 is 5.11 Å². The van der Waals surface area contributed by atoms with E-state index in [1.165, 1.54) is 39.0 Å². The van der Waals surface area contributed by atoms with E-state index in [0.29, 0.717) is 12.0 Å². The maximum Gasteiger partial charge on any atom is 0.0620 e. The molecule has 2 aliphatic heterocycles. The molecule has 4 nitrogen and oxygen atoms in total. The molecule has 3 rings (SSSR count). The highest BCUT2D eigenvalue weighted by atomic mass is 16.3. The lowest BCUT2D eigenvalue weighted by atomic mass is 9.83. The first-order valence-corrected chi connectivity index (χ1v) is 11.6. The number of nitrogens with zero attached hydrogens (tertiary/aromatic N) is 3. The molecular weight excluding hydrogens is 334 g/mol. The van der Waals surface area contributed by atoms with E-state index in [0.717, 1.165) is 38.0 Å². The lowest BCUT2D eigenvalue weighted by Gasteiger charge is -2.39. The van der Waals surface area contributed by atoms with Crippen molar-refractivity contribution in [3.05, 3.63) is 0 Å². The smallest absolute Gasteiger partial charge is 0.0620 e. The van der Waals surface area contributed by atoms with Gasteiger partial charge < -0.3 is 10.0 Å². The monoisotopic (exact) mass is 383 g/mol. The van der Waals surface area contributed by atoms with Gasteiger partial charge in [-0.1, -0.05) is 13.8 Å². The summed E-state index contributed by atoms with van der Waals surface area (Å²) < 4.78 is 0. The minimum Gasteiger partial charge on any atom is -0.390 e. The van der Waals surface area contributed by atoms with E-state index >= 15 is 0 Å². The highest BCUT2D eigenvalue weighted by molar-refractivity contribution is 4.88. The van der Waals surface area contributed by atoms with Crippen LogP contribution in [0.25, 0.3) is 0 Å². The molecule has 3 fully saturated rings. The number of piperidine rings is 1. The summed E-state index contributed by atoms with van der Waals surface area (Å²) >= 11 is 0. The number of hydrogen-bond acceptors (Lipinski definition) is 4. The van der Waals surface area contributed by atoms with Crippen LogP contribution in [0.5, 0.6) is 0 Å². The first kappa shape index (κ1) is 24.9. The lowest BCUT2D eigenvalue weighted by Crippen LogP contribution is -2.49. The van der Waals surface area contributed by atoms with Crippen molar-refractivity contribution in [3.8, 4) is 0 Å². The normalized spacial score (nSPS) is 23.7. The van der Waals surface area contributed by atoms with Gasteiger partial charge in [-0.3, -0.25) is 9.80 Å². The second-order valence-corrected chi connectivity index (χ2v) is 9.45. The van der Waals surface area contributed by atoms with Crippen LogP contribution in [-0.4, -0.2) is 82.8 Å². The third-order valence-corrected chi connectivity index (χ3v) is 6.40. The predicted molar refractivity (Wildman–Crippen MR) is 118 cm³/mol. The van der Waals surface area contributed by atoms with Crippen molar-refractivity contribution in [2.45, 2.75) is 105 Å². The Morgan fingerprint density at radius 3 is 1.44 bits per heavy atom. The molecule has 0 aromatic rings. The summed E-state index contributed by atoms with van der Waals surface area (Å²) in [7, 11) is 0. The van der Waals surface area contributed by atoms with Crippen LogP contribution in [0.1, 0.15) is 81.1 Å². The minimum atomic E-state index is -0.483. The summed E-state index contributed by atoms with van der Waals surface area (Å²) in [5, 5.41) is 9.85. The zero-order valence-corrected chi connectivity index (χ0v) is 19.7. The number of likely N-dealkylation sites (tertiary alicyclic amines) is 1. The Morgan fingerprint density at radius 2 is 1.11 bits per heavy atom. The van der Waals surface area contributed by atoms with Gasteiger partial charge in [0.05, 0.1) is 5.60 Å². The predicted octanol–water partition coefficient (Wildman–Crippen LogP) is 4.08. The minimum absolute atomic E-state index is 0.483. The number of piperazine rings is 1. The Labute approximate surface area is 170 Å². The molecule has 0 aromatic carbocycles. The summed E-state index contributed by atoms with van der Waals surface area (Å²) in [6.07, 6.45) is 5.20. The highest BCUT2D eigenvalue weighted by Crippen LogP contribution is 2.28. The van der Waals surface area contributed by atoms with Gasteiger partial charge in [0.15, 0.2) is 0 Å². The molecule has 0 radical (unpaired) electrons. The zero-order chi connectivity index (χ0) is 20.6. The van der Waals surface area contributed by atoms with Crippen LogP contribution in [-0.2, 0) is 0 Å². The quantitative estimate of drug-likeness (QED) is 0.792. The largest absolute Gasteiger partial charge is 0.390 e. The number of hydrogen-bond donors (Lipinski definition) is 1. The van der Waals surface area contributed by atoms with Gasteiger partial charge >= 0.3 is 0 Å². The molecule has 27 heavy (non-hydrogen) atoms. The molecule has 0 atom stereocenters. The van der Waals surface area contributed by atoms with Gasteiger partial charge in [-0.15, -0.1) is 0 Å². The Kier molecular flexibility index (Phi) is 10.8. The summed E-state index contributed by atoms with van der Waals surface area (Å²) in [5.74, 6) is 0.488. The van der Waals surface area contributed by atoms with Gasteiger partial charge in [-0.2, -0.15) is 0 Å². The average Bonchev–Trinajstić information content (AvgIpc) is 3.48. The van der Waals surface area contributed by atoms with Crippen molar-refractivity contribution in [2.24, 2.45) is 5.92 Å². The molecule has 0 unspecified atom stereocenters. The first-order chi connectivity index (χ1) is 12.7. The van der Waals surface area contributed by atoms with Crippen LogP contribution >= 0.6 is 0 Å². The third-order valence-electron chi connectivity index (χ3n) is 6.40. The first-order valence-electron chi connectivity index (χ1n) is 11.6. The van der Waals surface area contributed by atoms with Crippen molar-refractivity contribution in [1.82, 2.24) is 14.7 Å². The van der Waals surface area contributed by atoms with Gasteiger partial charge in [-0.25, -0.2) is 0 Å². The molecule has 2 heterocycles. The molecular formula is C23H49N3O. The molecule has 2 saturated heterocycles. The average molecular weight is 384 g/mol. The molecule has 1 saturated carbocycles. The van der Waals surface area contributed by atoms with Crippen LogP contribution < -0.4 is 0 Å². The molecule has 162 valence electrons. The SMILES string of the molecule is CC.CC(C)N1CCC(C(C)(C)O)CC1.CC(C)N1CCN(C2CC2)CC1. The molecule has 3 aliphatic rings. The van der Waals surface area contributed by atoms with E-state index in [2.05, 4.69) is 42.4 Å². The summed E-state index contributed by atoms with van der Waals surface area (Å²) in [6, 6.07) is 2.37. The van der Waals surface area contributed by atoms with Crippen LogP contribution in [0.15, 0.2) is 0 Å². The Morgan fingerprint density at radius 1 is 0.704 bits per heavy atom. The second-order valence-electron chi connectivity index (χ2n) is 9.45. The molecule has 0 amide bonds. The van der Waals surface area contributed by atoms with Gasteiger partial charge in [-0.05, 0) is 86.2 Å². The van der Waals surface area contributed by atoms with Gasteiger partial charge in [0.2, 0.25) is 0 Å². The van der Waals surface area contributed by atoms with E-state index in [9.17, 15) is 5.11 Å². The maximum atomic E-state index is 9.85. The van der Waals surface area contributed by atoms with E-state index in [-0.39, 0.29) is 0 Å². The van der Waals surface area contributed by atoms with Crippen LogP contribution in [0.4, 0.5) is 0 Å². The number of aliphatic hydroxyl groups is 1. The second kappa shape index (κ2) is 11.7.